The van der Waals surface area contributed by atoms with Gasteiger partial charge in [0.05, 0.1) is 0 Å². The van der Waals surface area contributed by atoms with E-state index in [2.05, 4.69) is 45.1 Å². The van der Waals surface area contributed by atoms with E-state index in [1.807, 2.05) is 6.20 Å². The number of anilines is 1. The molecule has 23 heavy (non-hydrogen) atoms. The molecule has 2 fully saturated rings. The summed E-state index contributed by atoms with van der Waals surface area (Å²) < 4.78 is 0. The van der Waals surface area contributed by atoms with E-state index in [0.717, 1.165) is 51.3 Å². The molecular formula is C19H23N3O. The van der Waals surface area contributed by atoms with E-state index in [9.17, 15) is 4.79 Å². The van der Waals surface area contributed by atoms with E-state index in [1.54, 1.807) is 0 Å². The van der Waals surface area contributed by atoms with Crippen LogP contribution in [0.25, 0.3) is 10.8 Å². The molecule has 4 rings (SSSR count). The maximum atomic E-state index is 12.5. The third-order valence-electron chi connectivity index (χ3n) is 5.21. The maximum Gasteiger partial charge on any atom is 0.225 e. The number of aromatic nitrogens is 1. The summed E-state index contributed by atoms with van der Waals surface area (Å²) in [6.45, 7) is 3.55. The van der Waals surface area contributed by atoms with Crippen LogP contribution >= 0.6 is 0 Å². The first-order valence-electron chi connectivity index (χ1n) is 8.70. The minimum atomic E-state index is 0.303. The van der Waals surface area contributed by atoms with E-state index in [0.29, 0.717) is 11.8 Å². The zero-order valence-electron chi connectivity index (χ0n) is 13.4. The molecule has 1 saturated heterocycles. The zero-order chi connectivity index (χ0) is 15.6. The average Bonchev–Trinajstić information content (AvgIpc) is 2.78. The van der Waals surface area contributed by atoms with Crippen molar-refractivity contribution in [3.63, 3.8) is 0 Å². The van der Waals surface area contributed by atoms with Gasteiger partial charge in [-0.25, -0.2) is 4.98 Å². The number of amides is 1. The summed E-state index contributed by atoms with van der Waals surface area (Å²) in [7, 11) is 0. The third kappa shape index (κ3) is 2.78. The topological polar surface area (TPSA) is 36.4 Å². The summed E-state index contributed by atoms with van der Waals surface area (Å²) in [4.78, 5) is 21.5. The van der Waals surface area contributed by atoms with Gasteiger partial charge in [-0.1, -0.05) is 30.7 Å². The Kier molecular flexibility index (Phi) is 3.90. The first-order chi connectivity index (χ1) is 11.3. The molecule has 1 aliphatic heterocycles. The van der Waals surface area contributed by atoms with E-state index in [-0.39, 0.29) is 0 Å². The number of pyridine rings is 1. The molecule has 1 aromatic carbocycles. The lowest BCUT2D eigenvalue weighted by Crippen LogP contribution is -2.41. The highest BCUT2D eigenvalue weighted by Crippen LogP contribution is 2.29. The van der Waals surface area contributed by atoms with Crippen LogP contribution in [0.1, 0.15) is 25.7 Å². The fraction of sp³-hybridized carbons (Fsp3) is 0.474. The molecule has 4 nitrogen and oxygen atoms in total. The molecule has 2 aliphatic rings. The van der Waals surface area contributed by atoms with Gasteiger partial charge in [0, 0.05) is 43.7 Å². The fourth-order valence-electron chi connectivity index (χ4n) is 3.62. The van der Waals surface area contributed by atoms with Crippen LogP contribution in [0, 0.1) is 5.92 Å². The quantitative estimate of drug-likeness (QED) is 0.855. The second-order valence-electron chi connectivity index (χ2n) is 6.65. The van der Waals surface area contributed by atoms with Crippen molar-refractivity contribution in [2.45, 2.75) is 25.7 Å². The highest BCUT2D eigenvalue weighted by atomic mass is 16.2. The SMILES string of the molecule is O=C(C1CCC1)N1CCCN(c2nccc3ccccc23)CC1. The minimum Gasteiger partial charge on any atom is -0.354 e. The Morgan fingerprint density at radius 2 is 1.87 bits per heavy atom. The number of fused-ring (bicyclic) bond motifs is 1. The van der Waals surface area contributed by atoms with E-state index in [1.165, 1.54) is 17.2 Å². The second kappa shape index (κ2) is 6.19. The number of hydrogen-bond donors (Lipinski definition) is 0. The van der Waals surface area contributed by atoms with Gasteiger partial charge in [0.2, 0.25) is 5.91 Å². The second-order valence-corrected chi connectivity index (χ2v) is 6.65. The van der Waals surface area contributed by atoms with Gasteiger partial charge < -0.3 is 9.80 Å². The molecule has 1 amide bonds. The van der Waals surface area contributed by atoms with Gasteiger partial charge in [-0.2, -0.15) is 0 Å². The molecule has 0 unspecified atom stereocenters. The monoisotopic (exact) mass is 309 g/mol. The van der Waals surface area contributed by atoms with Crippen LogP contribution in [0.2, 0.25) is 0 Å². The Bertz CT molecular complexity index is 705. The number of carbonyl (C=O) groups is 1. The van der Waals surface area contributed by atoms with Gasteiger partial charge in [-0.15, -0.1) is 0 Å². The third-order valence-corrected chi connectivity index (χ3v) is 5.21. The van der Waals surface area contributed by atoms with E-state index in [4.69, 9.17) is 0 Å². The van der Waals surface area contributed by atoms with Crippen LogP contribution in [-0.2, 0) is 4.79 Å². The van der Waals surface area contributed by atoms with Crippen LogP contribution in [-0.4, -0.2) is 42.0 Å². The Labute approximate surface area is 137 Å². The van der Waals surface area contributed by atoms with Gasteiger partial charge in [0.25, 0.3) is 0 Å². The first-order valence-corrected chi connectivity index (χ1v) is 8.70. The van der Waals surface area contributed by atoms with Crippen LogP contribution < -0.4 is 4.90 Å². The van der Waals surface area contributed by atoms with E-state index >= 15 is 0 Å². The number of nitrogens with zero attached hydrogens (tertiary/aromatic N) is 3. The highest BCUT2D eigenvalue weighted by molar-refractivity contribution is 5.92. The lowest BCUT2D eigenvalue weighted by molar-refractivity contribution is -0.137. The predicted octanol–water partition coefficient (Wildman–Crippen LogP) is 3.07. The lowest BCUT2D eigenvalue weighted by Gasteiger charge is -2.31. The highest BCUT2D eigenvalue weighted by Gasteiger charge is 2.30. The van der Waals surface area contributed by atoms with Crippen molar-refractivity contribution >= 4 is 22.5 Å². The molecule has 0 bridgehead atoms. The van der Waals surface area contributed by atoms with Crippen molar-refractivity contribution in [3.05, 3.63) is 36.5 Å². The molecule has 1 saturated carbocycles. The first kappa shape index (κ1) is 14.5. The Hall–Kier alpha value is -2.10. The molecular weight excluding hydrogens is 286 g/mol. The summed E-state index contributed by atoms with van der Waals surface area (Å²) in [5, 5.41) is 2.43. The average molecular weight is 309 g/mol. The van der Waals surface area contributed by atoms with Crippen molar-refractivity contribution in [1.29, 1.82) is 0 Å². The smallest absolute Gasteiger partial charge is 0.225 e. The molecule has 2 heterocycles. The standard InChI is InChI=1S/C19H23N3O/c23-19(16-6-3-7-16)22-12-4-11-21(13-14-22)18-17-8-2-1-5-15(17)9-10-20-18/h1-2,5,8-10,16H,3-4,6-7,11-14H2. The molecule has 1 aliphatic carbocycles. The maximum absolute atomic E-state index is 12.5. The fourth-order valence-corrected chi connectivity index (χ4v) is 3.62. The van der Waals surface area contributed by atoms with Crippen molar-refractivity contribution < 1.29 is 4.79 Å². The normalized spacial score (nSPS) is 19.5. The molecule has 0 radical (unpaired) electrons. The van der Waals surface area contributed by atoms with Crippen molar-refractivity contribution in [2.75, 3.05) is 31.1 Å². The van der Waals surface area contributed by atoms with Crippen LogP contribution in [0.15, 0.2) is 36.5 Å². The molecule has 0 N–H and O–H groups in total. The predicted molar refractivity (Wildman–Crippen MR) is 92.5 cm³/mol. The summed E-state index contributed by atoms with van der Waals surface area (Å²) in [6.07, 6.45) is 6.30. The van der Waals surface area contributed by atoms with Crippen molar-refractivity contribution in [1.82, 2.24) is 9.88 Å². The summed E-state index contributed by atoms with van der Waals surface area (Å²) in [5.41, 5.74) is 0. The van der Waals surface area contributed by atoms with E-state index < -0.39 is 0 Å². The van der Waals surface area contributed by atoms with Gasteiger partial charge >= 0.3 is 0 Å². The summed E-state index contributed by atoms with van der Waals surface area (Å²) >= 11 is 0. The van der Waals surface area contributed by atoms with Crippen LogP contribution in [0.3, 0.4) is 0 Å². The summed E-state index contributed by atoms with van der Waals surface area (Å²) in [5.74, 6) is 1.74. The molecule has 0 atom stereocenters. The number of benzene rings is 1. The Morgan fingerprint density at radius 1 is 1.00 bits per heavy atom. The molecule has 0 spiro atoms. The van der Waals surface area contributed by atoms with Crippen molar-refractivity contribution in [2.24, 2.45) is 5.92 Å². The molecule has 120 valence electrons. The van der Waals surface area contributed by atoms with Gasteiger partial charge in [-0.3, -0.25) is 4.79 Å². The lowest BCUT2D eigenvalue weighted by atomic mass is 9.84. The Balaban J connectivity index is 1.53. The zero-order valence-corrected chi connectivity index (χ0v) is 13.4. The molecule has 2 aromatic rings. The number of rotatable bonds is 2. The molecule has 1 aromatic heterocycles. The van der Waals surface area contributed by atoms with Gasteiger partial charge in [-0.05, 0) is 30.7 Å². The molecule has 4 heteroatoms. The van der Waals surface area contributed by atoms with Crippen LogP contribution in [0.4, 0.5) is 5.82 Å². The van der Waals surface area contributed by atoms with Crippen molar-refractivity contribution in [3.8, 4) is 0 Å². The number of carbonyl (C=O) groups excluding carboxylic acids is 1. The van der Waals surface area contributed by atoms with Gasteiger partial charge in [0.1, 0.15) is 5.82 Å². The van der Waals surface area contributed by atoms with Crippen LogP contribution in [0.5, 0.6) is 0 Å². The Morgan fingerprint density at radius 3 is 2.70 bits per heavy atom. The minimum absolute atomic E-state index is 0.303. The summed E-state index contributed by atoms with van der Waals surface area (Å²) in [6, 6.07) is 10.5. The van der Waals surface area contributed by atoms with Gasteiger partial charge in [0.15, 0.2) is 0 Å². The largest absolute Gasteiger partial charge is 0.354 e. The number of hydrogen-bond acceptors (Lipinski definition) is 3.